The molecule has 1 fully saturated rings. The van der Waals surface area contributed by atoms with Gasteiger partial charge in [-0.25, -0.2) is 14.6 Å². The average molecular weight is 492 g/mol. The Hall–Kier alpha value is -3.49. The van der Waals surface area contributed by atoms with Crippen molar-refractivity contribution in [2.24, 2.45) is 0 Å². The molecule has 3 heterocycles. The largest absolute Gasteiger partial charge is 0.473 e. The zero-order chi connectivity index (χ0) is 25.5. The van der Waals surface area contributed by atoms with Gasteiger partial charge in [-0.05, 0) is 55.8 Å². The molecule has 2 aromatic carbocycles. The van der Waals surface area contributed by atoms with Crippen LogP contribution in [0.25, 0.3) is 0 Å². The summed E-state index contributed by atoms with van der Waals surface area (Å²) in [7, 11) is 2.20. The number of piperidine rings is 1. The van der Waals surface area contributed by atoms with Gasteiger partial charge in [0.1, 0.15) is 11.9 Å². The predicted molar refractivity (Wildman–Crippen MR) is 135 cm³/mol. The van der Waals surface area contributed by atoms with Gasteiger partial charge in [0.2, 0.25) is 0 Å². The van der Waals surface area contributed by atoms with Gasteiger partial charge < -0.3 is 24.4 Å². The Balaban J connectivity index is 0.000000455. The highest BCUT2D eigenvalue weighted by Gasteiger charge is 2.30. The van der Waals surface area contributed by atoms with Crippen molar-refractivity contribution in [2.75, 3.05) is 20.1 Å². The molecule has 8 heteroatoms. The minimum Gasteiger partial charge on any atom is -0.473 e. The van der Waals surface area contributed by atoms with Crippen LogP contribution in [0, 0.1) is 0 Å². The normalized spacial score (nSPS) is 17.8. The number of benzene rings is 2. The number of carbonyl (C=O) groups is 2. The van der Waals surface area contributed by atoms with E-state index in [1.807, 2.05) is 0 Å². The van der Waals surface area contributed by atoms with Crippen molar-refractivity contribution in [2.45, 2.75) is 50.9 Å². The van der Waals surface area contributed by atoms with Crippen LogP contribution in [0.15, 0.2) is 60.8 Å². The fourth-order valence-electron chi connectivity index (χ4n) is 4.76. The molecule has 0 amide bonds. The summed E-state index contributed by atoms with van der Waals surface area (Å²) in [6.07, 6.45) is 7.70. The number of aromatic nitrogens is 2. The van der Waals surface area contributed by atoms with Gasteiger partial charge in [0, 0.05) is 25.8 Å². The van der Waals surface area contributed by atoms with Crippen LogP contribution in [0.5, 0.6) is 0 Å². The molecule has 0 bridgehead atoms. The molecule has 1 aromatic heterocycles. The van der Waals surface area contributed by atoms with Crippen LogP contribution in [0.3, 0.4) is 0 Å². The molecule has 1 unspecified atom stereocenters. The summed E-state index contributed by atoms with van der Waals surface area (Å²) in [5.41, 5.74) is 5.23. The van der Waals surface area contributed by atoms with E-state index in [0.717, 1.165) is 57.6 Å². The quantitative estimate of drug-likeness (QED) is 0.526. The van der Waals surface area contributed by atoms with E-state index < -0.39 is 11.9 Å². The minimum atomic E-state index is -1.82. The fraction of sp³-hybridized carbons (Fsp3) is 0.393. The molecular formula is C28H33N3O5. The first kappa shape index (κ1) is 25.6. The van der Waals surface area contributed by atoms with Crippen molar-refractivity contribution >= 4 is 11.9 Å². The highest BCUT2D eigenvalue weighted by atomic mass is 16.5. The number of aliphatic carboxylic acids is 2. The summed E-state index contributed by atoms with van der Waals surface area (Å²) in [6, 6.07) is 19.5. The summed E-state index contributed by atoms with van der Waals surface area (Å²) >= 11 is 0. The van der Waals surface area contributed by atoms with Crippen LogP contribution in [0.1, 0.15) is 47.2 Å². The lowest BCUT2D eigenvalue weighted by Crippen LogP contribution is -2.35. The van der Waals surface area contributed by atoms with Crippen LogP contribution < -0.4 is 0 Å². The van der Waals surface area contributed by atoms with Gasteiger partial charge in [0.25, 0.3) is 0 Å². The molecule has 8 nitrogen and oxygen atoms in total. The molecule has 190 valence electrons. The third-order valence-corrected chi connectivity index (χ3v) is 6.74. The lowest BCUT2D eigenvalue weighted by molar-refractivity contribution is -0.159. The molecule has 36 heavy (non-hydrogen) atoms. The molecule has 5 rings (SSSR count). The third kappa shape index (κ3) is 6.59. The summed E-state index contributed by atoms with van der Waals surface area (Å²) in [5, 5.41) is 14.8. The summed E-state index contributed by atoms with van der Waals surface area (Å²) < 4.78 is 9.13. The van der Waals surface area contributed by atoms with E-state index in [1.165, 1.54) is 22.4 Å². The second-order valence-corrected chi connectivity index (χ2v) is 9.35. The number of ether oxygens (including phenoxy) is 1. The Morgan fingerprint density at radius 3 is 2.31 bits per heavy atom. The van der Waals surface area contributed by atoms with E-state index in [0.29, 0.717) is 6.10 Å². The fourth-order valence-corrected chi connectivity index (χ4v) is 4.76. The first-order valence-corrected chi connectivity index (χ1v) is 12.4. The van der Waals surface area contributed by atoms with E-state index in [4.69, 9.17) is 29.5 Å². The standard InChI is InChI=1S/C26H31N3O.C2H2O4/c1-28-16-14-23(15-17-28)30-25-24-10-6-5-9-21(24)13-18-29-19-22(27-26(25)29)12-11-20-7-3-2-4-8-20;3-1(4)2(5)6/h2-10,19,23,25H,11-18H2,1H3;(H,3,4)(H,5,6). The molecule has 0 spiro atoms. The van der Waals surface area contributed by atoms with E-state index in [-0.39, 0.29) is 6.10 Å². The summed E-state index contributed by atoms with van der Waals surface area (Å²) in [5.74, 6) is -2.56. The van der Waals surface area contributed by atoms with Crippen molar-refractivity contribution in [3.8, 4) is 0 Å². The lowest BCUT2D eigenvalue weighted by Gasteiger charge is -2.32. The zero-order valence-corrected chi connectivity index (χ0v) is 20.5. The first-order valence-electron chi connectivity index (χ1n) is 12.4. The van der Waals surface area contributed by atoms with Gasteiger partial charge >= 0.3 is 11.9 Å². The SMILES string of the molecule is CN1CCC(OC2c3ccccc3CCn3cc(CCc4ccccc4)nc32)CC1.O=C(O)C(=O)O. The molecular weight excluding hydrogens is 458 g/mol. The maximum atomic E-state index is 9.10. The minimum absolute atomic E-state index is 0.0671. The number of aryl methyl sites for hydroxylation is 4. The summed E-state index contributed by atoms with van der Waals surface area (Å²) in [6.45, 7) is 3.18. The van der Waals surface area contributed by atoms with E-state index in [9.17, 15) is 0 Å². The predicted octanol–water partition coefficient (Wildman–Crippen LogP) is 3.58. The maximum absolute atomic E-state index is 9.10. The van der Waals surface area contributed by atoms with Gasteiger partial charge in [0.05, 0.1) is 11.8 Å². The van der Waals surface area contributed by atoms with Crippen molar-refractivity contribution in [3.05, 3.63) is 89.0 Å². The Morgan fingerprint density at radius 2 is 1.61 bits per heavy atom. The number of imidazole rings is 1. The van der Waals surface area contributed by atoms with Crippen LogP contribution in [-0.2, 0) is 40.1 Å². The monoisotopic (exact) mass is 491 g/mol. The molecule has 3 aromatic rings. The van der Waals surface area contributed by atoms with Gasteiger partial charge in [0.15, 0.2) is 0 Å². The third-order valence-electron chi connectivity index (χ3n) is 6.74. The number of carboxylic acids is 2. The number of nitrogens with zero attached hydrogens (tertiary/aromatic N) is 3. The molecule has 1 saturated heterocycles. The molecule has 0 aliphatic carbocycles. The number of likely N-dealkylation sites (tertiary alicyclic amines) is 1. The van der Waals surface area contributed by atoms with E-state index in [1.54, 1.807) is 0 Å². The van der Waals surface area contributed by atoms with Crippen LogP contribution in [0.2, 0.25) is 0 Å². The molecule has 2 N–H and O–H groups in total. The number of hydrogen-bond donors (Lipinski definition) is 2. The number of rotatable bonds is 5. The van der Waals surface area contributed by atoms with Gasteiger partial charge in [-0.15, -0.1) is 0 Å². The van der Waals surface area contributed by atoms with E-state index >= 15 is 0 Å². The lowest BCUT2D eigenvalue weighted by atomic mass is 10.00. The topological polar surface area (TPSA) is 105 Å². The van der Waals surface area contributed by atoms with Crippen LogP contribution >= 0.6 is 0 Å². The molecule has 2 aliphatic rings. The Kier molecular flexibility index (Phi) is 8.51. The van der Waals surface area contributed by atoms with Crippen molar-refractivity contribution < 1.29 is 24.5 Å². The second kappa shape index (κ2) is 12.0. The van der Waals surface area contributed by atoms with Crippen molar-refractivity contribution in [3.63, 3.8) is 0 Å². The number of carboxylic acid groups (broad SMARTS) is 2. The highest BCUT2D eigenvalue weighted by molar-refractivity contribution is 6.27. The molecule has 2 aliphatic heterocycles. The second-order valence-electron chi connectivity index (χ2n) is 9.35. The molecule has 1 atom stereocenters. The highest BCUT2D eigenvalue weighted by Crippen LogP contribution is 2.34. The Bertz CT molecular complexity index is 1160. The number of hydrogen-bond acceptors (Lipinski definition) is 5. The van der Waals surface area contributed by atoms with Crippen molar-refractivity contribution in [1.82, 2.24) is 14.5 Å². The van der Waals surface area contributed by atoms with E-state index in [2.05, 4.69) is 77.3 Å². The smallest absolute Gasteiger partial charge is 0.414 e. The molecule has 0 radical (unpaired) electrons. The van der Waals surface area contributed by atoms with Crippen LogP contribution in [-0.4, -0.2) is 62.8 Å². The van der Waals surface area contributed by atoms with Crippen molar-refractivity contribution in [1.29, 1.82) is 0 Å². The number of fused-ring (bicyclic) bond motifs is 2. The van der Waals surface area contributed by atoms with Crippen LogP contribution in [0.4, 0.5) is 0 Å². The maximum Gasteiger partial charge on any atom is 0.414 e. The zero-order valence-electron chi connectivity index (χ0n) is 20.5. The Morgan fingerprint density at radius 1 is 0.944 bits per heavy atom. The summed E-state index contributed by atoms with van der Waals surface area (Å²) in [4.78, 5) is 25.7. The first-order chi connectivity index (χ1) is 17.4. The molecule has 0 saturated carbocycles. The van der Waals surface area contributed by atoms with Gasteiger partial charge in [-0.1, -0.05) is 54.6 Å². The van der Waals surface area contributed by atoms with Gasteiger partial charge in [-0.2, -0.15) is 0 Å². The van der Waals surface area contributed by atoms with Gasteiger partial charge in [-0.3, -0.25) is 0 Å². The Labute approximate surface area is 211 Å². The average Bonchev–Trinajstić information content (AvgIpc) is 3.24.